The molecule has 2 heteroatoms. The Balaban J connectivity index is 0. The van der Waals surface area contributed by atoms with Crippen LogP contribution in [0, 0.1) is 0 Å². The van der Waals surface area contributed by atoms with Crippen molar-refractivity contribution in [3.8, 4) is 0 Å². The zero-order valence-corrected chi connectivity index (χ0v) is 8.76. The monoisotopic (exact) mass is 220 g/mol. The summed E-state index contributed by atoms with van der Waals surface area (Å²) in [6, 6.07) is 0. The Labute approximate surface area is 77.9 Å². The molecule has 0 aromatic carbocycles. The largest absolute Gasteiger partial charge is 1.00 e. The van der Waals surface area contributed by atoms with E-state index in [-0.39, 0.29) is 31.0 Å². The Morgan fingerprint density at radius 2 is 2.29 bits per heavy atom. The second kappa shape index (κ2) is 5.41. The van der Waals surface area contributed by atoms with Crippen molar-refractivity contribution in [1.82, 2.24) is 0 Å². The van der Waals surface area contributed by atoms with E-state index in [4.69, 9.17) is 0 Å². The van der Waals surface area contributed by atoms with Crippen LogP contribution in [0.3, 0.4) is 0 Å². The molecule has 0 fully saturated rings. The number of rotatable bonds is 0. The number of allylic oxidation sites excluding steroid dienone is 3. The van der Waals surface area contributed by atoms with Gasteiger partial charge < -0.3 is 1.43 Å². The summed E-state index contributed by atoms with van der Waals surface area (Å²) in [7, 11) is 0. The van der Waals surface area contributed by atoms with Crippen molar-refractivity contribution in [1.29, 1.82) is 0 Å². The minimum Gasteiger partial charge on any atom is -1.00 e. The first-order valence-electron chi connectivity index (χ1n) is 1.93. The van der Waals surface area contributed by atoms with Gasteiger partial charge in [-0.05, 0) is 0 Å². The van der Waals surface area contributed by atoms with Crippen LogP contribution in [-0.4, -0.2) is 20.9 Å². The summed E-state index contributed by atoms with van der Waals surface area (Å²) in [4.78, 5) is 0. The molecule has 0 saturated carbocycles. The van der Waals surface area contributed by atoms with Crippen molar-refractivity contribution in [2.75, 3.05) is 0 Å². The van der Waals surface area contributed by atoms with Crippen molar-refractivity contribution in [2.24, 2.45) is 0 Å². The third kappa shape index (κ3) is 3.82. The van der Waals surface area contributed by atoms with Gasteiger partial charge in [0.05, 0.1) is 0 Å². The summed E-state index contributed by atoms with van der Waals surface area (Å²) in [5.74, 6) is 0. The van der Waals surface area contributed by atoms with Crippen molar-refractivity contribution in [2.45, 2.75) is 4.47 Å². The first-order chi connectivity index (χ1) is 3.00. The molecule has 0 bridgehead atoms. The normalized spacial score (nSPS) is 16.0. The molecule has 0 N–H and O–H groups in total. The van der Waals surface area contributed by atoms with E-state index < -0.39 is 0 Å². The van der Waals surface area contributed by atoms with E-state index in [1.165, 1.54) is 4.47 Å². The molecule has 34 valence electrons. The predicted octanol–water partition coefficient (Wildman–Crippen LogP) is -1.69. The van der Waals surface area contributed by atoms with Crippen molar-refractivity contribution in [3.63, 3.8) is 0 Å². The van der Waals surface area contributed by atoms with Gasteiger partial charge in [0.2, 0.25) is 0 Å². The molecule has 7 heavy (non-hydrogen) atoms. The van der Waals surface area contributed by atoms with Gasteiger partial charge in [-0.1, -0.05) is 0 Å². The Morgan fingerprint density at radius 1 is 1.43 bits per heavy atom. The van der Waals surface area contributed by atoms with E-state index in [1.807, 2.05) is 0 Å². The maximum absolute atomic E-state index is 2.31. The second-order valence-electron chi connectivity index (χ2n) is 1.09. The molecule has 0 unspecified atom stereocenters. The summed E-state index contributed by atoms with van der Waals surface area (Å²) >= 11 is 0.305. The topological polar surface area (TPSA) is 0 Å². The van der Waals surface area contributed by atoms with E-state index in [2.05, 4.69) is 22.4 Å². The fourth-order valence-corrected chi connectivity index (χ4v) is 1.87. The van der Waals surface area contributed by atoms with Crippen LogP contribution in [0.15, 0.2) is 22.4 Å². The molecule has 1 heterocycles. The van der Waals surface area contributed by atoms with E-state index >= 15 is 0 Å². The van der Waals surface area contributed by atoms with Gasteiger partial charge >= 0.3 is 77.3 Å². The zero-order chi connectivity index (χ0) is 4.24. The number of hydrogen-bond acceptors (Lipinski definition) is 0. The van der Waals surface area contributed by atoms with Crippen LogP contribution in [0.25, 0.3) is 0 Å². The Hall–Kier alpha value is 1.27. The first-order valence-corrected chi connectivity index (χ1v) is 4.93. The van der Waals surface area contributed by atoms with Gasteiger partial charge in [0.15, 0.2) is 0 Å². The van der Waals surface area contributed by atoms with Gasteiger partial charge in [-0.3, -0.25) is 0 Å². The summed E-state index contributed by atoms with van der Waals surface area (Å²) in [5.41, 5.74) is 0. The van der Waals surface area contributed by atoms with Gasteiger partial charge in [-0.25, -0.2) is 0 Å². The third-order valence-corrected chi connectivity index (χ3v) is 2.71. The minimum absolute atomic E-state index is 0. The molecule has 0 saturated heterocycles. The fourth-order valence-electron chi connectivity index (χ4n) is 0.346. The van der Waals surface area contributed by atoms with E-state index in [1.54, 1.807) is 0 Å². The molecule has 0 aromatic rings. The van der Waals surface area contributed by atoms with Gasteiger partial charge in [0.25, 0.3) is 0 Å². The van der Waals surface area contributed by atoms with Crippen LogP contribution in [0.1, 0.15) is 1.43 Å². The summed E-state index contributed by atoms with van der Waals surface area (Å²) in [6.07, 6.45) is 6.50. The van der Waals surface area contributed by atoms with Crippen LogP contribution < -0.4 is 29.6 Å². The Kier molecular flexibility index (Phi) is 6.39. The van der Waals surface area contributed by atoms with Crippen LogP contribution >= 0.6 is 0 Å². The molecule has 1 aliphatic heterocycles. The molecule has 0 spiro atoms. The van der Waals surface area contributed by atoms with Gasteiger partial charge in [0, 0.05) is 0 Å². The average Bonchev–Trinajstić information content (AvgIpc) is 1.72. The molecule has 0 radical (unpaired) electrons. The predicted molar refractivity (Wildman–Crippen MR) is 30.0 cm³/mol. The SMILES string of the molecule is C1=CC[Te]C=C1.[H-].[Na+]. The fraction of sp³-hybridized carbons (Fsp3) is 0.200. The first kappa shape index (κ1) is 8.27. The quantitative estimate of drug-likeness (QED) is 0.425. The molecule has 0 atom stereocenters. The summed E-state index contributed by atoms with van der Waals surface area (Å²) in [6.45, 7) is 0. The van der Waals surface area contributed by atoms with E-state index in [0.717, 1.165) is 0 Å². The Morgan fingerprint density at radius 3 is 2.43 bits per heavy atom. The summed E-state index contributed by atoms with van der Waals surface area (Å²) in [5, 5.41) is 0. The third-order valence-electron chi connectivity index (χ3n) is 0.614. The number of hydrogen-bond donors (Lipinski definition) is 0. The van der Waals surface area contributed by atoms with Gasteiger partial charge in [0.1, 0.15) is 0 Å². The molecule has 1 aliphatic rings. The van der Waals surface area contributed by atoms with E-state index in [9.17, 15) is 0 Å². The van der Waals surface area contributed by atoms with Gasteiger partial charge in [-0.15, -0.1) is 0 Å². The standard InChI is InChI=1S/C5H6Te.Na.H/c1-2-4-6-5-3-1;;/h1-4H,5H2;;/q;+1;-1. The zero-order valence-electron chi connectivity index (χ0n) is 5.42. The molecular weight excluding hydrogens is 211 g/mol. The second-order valence-corrected chi connectivity index (χ2v) is 3.77. The van der Waals surface area contributed by atoms with Crippen LogP contribution in [0.5, 0.6) is 0 Å². The average molecular weight is 218 g/mol. The van der Waals surface area contributed by atoms with Crippen LogP contribution in [0.4, 0.5) is 0 Å². The molecule has 1 rings (SSSR count). The molecule has 0 aromatic heterocycles. The molecule has 0 nitrogen and oxygen atoms in total. The van der Waals surface area contributed by atoms with Crippen LogP contribution in [0.2, 0.25) is 4.47 Å². The maximum atomic E-state index is 2.31. The van der Waals surface area contributed by atoms with Crippen LogP contribution in [-0.2, 0) is 0 Å². The van der Waals surface area contributed by atoms with E-state index in [0.29, 0.717) is 20.9 Å². The molecule has 0 amide bonds. The smallest absolute Gasteiger partial charge is 1.00 e. The maximum Gasteiger partial charge on any atom is 1.00 e. The molecular formula is C5H7NaTe. The van der Waals surface area contributed by atoms with Gasteiger partial charge in [-0.2, -0.15) is 0 Å². The van der Waals surface area contributed by atoms with Crippen molar-refractivity contribution in [3.05, 3.63) is 22.4 Å². The Bertz CT molecular complexity index is 78.4. The molecule has 0 aliphatic carbocycles. The van der Waals surface area contributed by atoms with Crippen molar-refractivity contribution < 1.29 is 31.0 Å². The summed E-state index contributed by atoms with van der Waals surface area (Å²) < 4.78 is 3.67. The minimum atomic E-state index is 0. The van der Waals surface area contributed by atoms with Crippen molar-refractivity contribution >= 4 is 20.9 Å².